The van der Waals surface area contributed by atoms with Crippen molar-refractivity contribution in [3.05, 3.63) is 29.6 Å². The summed E-state index contributed by atoms with van der Waals surface area (Å²) < 4.78 is 0. The quantitative estimate of drug-likeness (QED) is 0.766. The van der Waals surface area contributed by atoms with E-state index in [1.165, 1.54) is 0 Å². The summed E-state index contributed by atoms with van der Waals surface area (Å²) in [7, 11) is 1.75. The molecule has 4 nitrogen and oxygen atoms in total. The van der Waals surface area contributed by atoms with E-state index in [0.29, 0.717) is 18.8 Å². The zero-order valence-electron chi connectivity index (χ0n) is 8.53. The van der Waals surface area contributed by atoms with Gasteiger partial charge in [0.25, 0.3) is 5.91 Å². The fourth-order valence-electron chi connectivity index (χ4n) is 1.06. The number of hydrogen-bond donors (Lipinski definition) is 1. The van der Waals surface area contributed by atoms with Crippen molar-refractivity contribution in [1.82, 2.24) is 9.88 Å². The van der Waals surface area contributed by atoms with Crippen LogP contribution in [0.25, 0.3) is 0 Å². The number of pyridine rings is 1. The third-order valence-electron chi connectivity index (χ3n) is 2.10. The molecule has 0 saturated carbocycles. The average molecular weight is 193 g/mol. The molecule has 0 aromatic carbocycles. The summed E-state index contributed by atoms with van der Waals surface area (Å²) in [5.41, 5.74) is 6.85. The molecule has 1 heterocycles. The molecule has 0 fully saturated rings. The van der Waals surface area contributed by atoms with E-state index in [2.05, 4.69) is 4.98 Å². The maximum Gasteiger partial charge on any atom is 0.272 e. The highest BCUT2D eigenvalue weighted by atomic mass is 16.2. The van der Waals surface area contributed by atoms with Gasteiger partial charge in [0.2, 0.25) is 0 Å². The van der Waals surface area contributed by atoms with Gasteiger partial charge in [-0.15, -0.1) is 0 Å². The number of carbonyl (C=O) groups excluding carboxylic acids is 1. The molecule has 0 aliphatic heterocycles. The van der Waals surface area contributed by atoms with Crippen LogP contribution < -0.4 is 5.73 Å². The molecule has 0 spiro atoms. The first kappa shape index (κ1) is 10.7. The number of aromatic nitrogens is 1. The van der Waals surface area contributed by atoms with Crippen LogP contribution in [0.5, 0.6) is 0 Å². The minimum atomic E-state index is -0.0669. The highest BCUT2D eigenvalue weighted by Crippen LogP contribution is 2.03. The zero-order valence-corrected chi connectivity index (χ0v) is 8.53. The van der Waals surface area contributed by atoms with Gasteiger partial charge in [-0.2, -0.15) is 0 Å². The highest BCUT2D eigenvalue weighted by molar-refractivity contribution is 5.92. The molecule has 1 aromatic rings. The fraction of sp³-hybridized carbons (Fsp3) is 0.400. The van der Waals surface area contributed by atoms with E-state index in [1.54, 1.807) is 24.2 Å². The maximum atomic E-state index is 11.7. The Balaban J connectivity index is 2.90. The summed E-state index contributed by atoms with van der Waals surface area (Å²) in [5.74, 6) is -0.0669. The van der Waals surface area contributed by atoms with E-state index in [-0.39, 0.29) is 5.91 Å². The minimum Gasteiger partial charge on any atom is -0.341 e. The lowest BCUT2D eigenvalue weighted by Gasteiger charge is -2.13. The molecule has 2 N–H and O–H groups in total. The van der Waals surface area contributed by atoms with E-state index in [0.717, 1.165) is 5.56 Å². The second-order valence-electron chi connectivity index (χ2n) is 3.07. The minimum absolute atomic E-state index is 0.0669. The lowest BCUT2D eigenvalue weighted by Crippen LogP contribution is -2.27. The molecule has 0 radical (unpaired) electrons. The average Bonchev–Trinajstić information content (AvgIpc) is 2.27. The van der Waals surface area contributed by atoms with Gasteiger partial charge >= 0.3 is 0 Å². The molecule has 1 rings (SSSR count). The van der Waals surface area contributed by atoms with Gasteiger partial charge in [0.15, 0.2) is 0 Å². The van der Waals surface area contributed by atoms with Crippen LogP contribution in [0.1, 0.15) is 23.0 Å². The van der Waals surface area contributed by atoms with Gasteiger partial charge in [0.1, 0.15) is 5.69 Å². The molecule has 0 bridgehead atoms. The second kappa shape index (κ2) is 4.72. The van der Waals surface area contributed by atoms with Crippen LogP contribution in [0.4, 0.5) is 0 Å². The van der Waals surface area contributed by atoms with E-state index in [9.17, 15) is 4.79 Å². The predicted octanol–water partition coefficient (Wildman–Crippen LogP) is 0.632. The maximum absolute atomic E-state index is 11.7. The monoisotopic (exact) mass is 193 g/mol. The van der Waals surface area contributed by atoms with Crippen molar-refractivity contribution in [3.8, 4) is 0 Å². The second-order valence-corrected chi connectivity index (χ2v) is 3.07. The van der Waals surface area contributed by atoms with Gasteiger partial charge in [0.05, 0.1) is 0 Å². The van der Waals surface area contributed by atoms with Gasteiger partial charge in [0, 0.05) is 26.3 Å². The van der Waals surface area contributed by atoms with Crippen molar-refractivity contribution >= 4 is 5.91 Å². The predicted molar refractivity (Wildman–Crippen MR) is 54.8 cm³/mol. The molecule has 76 valence electrons. The Morgan fingerprint density at radius 3 is 2.93 bits per heavy atom. The molecule has 0 atom stereocenters. The van der Waals surface area contributed by atoms with Gasteiger partial charge < -0.3 is 10.6 Å². The normalized spacial score (nSPS) is 9.93. The van der Waals surface area contributed by atoms with Crippen LogP contribution in [-0.2, 0) is 6.54 Å². The van der Waals surface area contributed by atoms with Gasteiger partial charge in [-0.1, -0.05) is 0 Å². The summed E-state index contributed by atoms with van der Waals surface area (Å²) in [6.07, 6.45) is 1.61. The summed E-state index contributed by atoms with van der Waals surface area (Å²) in [4.78, 5) is 17.3. The van der Waals surface area contributed by atoms with Crippen LogP contribution >= 0.6 is 0 Å². The Morgan fingerprint density at radius 1 is 1.64 bits per heavy atom. The Kier molecular flexibility index (Phi) is 3.59. The summed E-state index contributed by atoms with van der Waals surface area (Å²) >= 11 is 0. The smallest absolute Gasteiger partial charge is 0.272 e. The molecular formula is C10H15N3O. The van der Waals surface area contributed by atoms with Crippen molar-refractivity contribution in [2.24, 2.45) is 5.73 Å². The van der Waals surface area contributed by atoms with Gasteiger partial charge in [-0.3, -0.25) is 9.78 Å². The Bertz CT molecular complexity index is 325. The standard InChI is InChI=1S/C10H15N3O/c1-3-13(2)10(14)9-6-8(7-11)4-5-12-9/h4-6H,3,7,11H2,1-2H3. The molecular weight excluding hydrogens is 178 g/mol. The number of nitrogens with zero attached hydrogens (tertiary/aromatic N) is 2. The first-order valence-corrected chi connectivity index (χ1v) is 4.59. The number of nitrogens with two attached hydrogens (primary N) is 1. The first-order valence-electron chi connectivity index (χ1n) is 4.59. The zero-order chi connectivity index (χ0) is 10.6. The lowest BCUT2D eigenvalue weighted by molar-refractivity contribution is 0.0796. The van der Waals surface area contributed by atoms with Crippen molar-refractivity contribution in [2.75, 3.05) is 13.6 Å². The third-order valence-corrected chi connectivity index (χ3v) is 2.10. The molecule has 0 aliphatic carbocycles. The topological polar surface area (TPSA) is 59.2 Å². The Hall–Kier alpha value is -1.42. The Morgan fingerprint density at radius 2 is 2.36 bits per heavy atom. The summed E-state index contributed by atoms with van der Waals surface area (Å²) in [6, 6.07) is 3.54. The number of rotatable bonds is 3. The third kappa shape index (κ3) is 2.29. The van der Waals surface area contributed by atoms with E-state index >= 15 is 0 Å². The molecule has 1 amide bonds. The SMILES string of the molecule is CCN(C)C(=O)c1cc(CN)ccn1. The molecule has 0 aliphatic rings. The molecule has 4 heteroatoms. The summed E-state index contributed by atoms with van der Waals surface area (Å²) in [5, 5.41) is 0. The summed E-state index contributed by atoms with van der Waals surface area (Å²) in [6.45, 7) is 3.02. The van der Waals surface area contributed by atoms with Crippen molar-refractivity contribution in [3.63, 3.8) is 0 Å². The van der Waals surface area contributed by atoms with Crippen molar-refractivity contribution in [1.29, 1.82) is 0 Å². The van der Waals surface area contributed by atoms with Crippen LogP contribution in [0.3, 0.4) is 0 Å². The van der Waals surface area contributed by atoms with Crippen LogP contribution in [0, 0.1) is 0 Å². The number of amides is 1. The molecule has 0 saturated heterocycles. The van der Waals surface area contributed by atoms with Crippen LogP contribution in [-0.4, -0.2) is 29.4 Å². The van der Waals surface area contributed by atoms with E-state index < -0.39 is 0 Å². The highest BCUT2D eigenvalue weighted by Gasteiger charge is 2.11. The molecule has 14 heavy (non-hydrogen) atoms. The van der Waals surface area contributed by atoms with Crippen LogP contribution in [0.15, 0.2) is 18.3 Å². The van der Waals surface area contributed by atoms with Crippen LogP contribution in [0.2, 0.25) is 0 Å². The van der Waals surface area contributed by atoms with Gasteiger partial charge in [-0.25, -0.2) is 0 Å². The fourth-order valence-corrected chi connectivity index (χ4v) is 1.06. The number of carbonyl (C=O) groups is 1. The molecule has 0 unspecified atom stereocenters. The van der Waals surface area contributed by atoms with E-state index in [1.807, 2.05) is 13.0 Å². The van der Waals surface area contributed by atoms with Crippen molar-refractivity contribution < 1.29 is 4.79 Å². The lowest BCUT2D eigenvalue weighted by atomic mass is 10.2. The largest absolute Gasteiger partial charge is 0.341 e. The molecule has 1 aromatic heterocycles. The van der Waals surface area contributed by atoms with E-state index in [4.69, 9.17) is 5.73 Å². The first-order chi connectivity index (χ1) is 6.69. The van der Waals surface area contributed by atoms with Gasteiger partial charge in [-0.05, 0) is 24.6 Å². The van der Waals surface area contributed by atoms with Crippen molar-refractivity contribution in [2.45, 2.75) is 13.5 Å². The number of hydrogen-bond acceptors (Lipinski definition) is 3. The Labute approximate surface area is 83.7 Å².